The van der Waals surface area contributed by atoms with Crippen LogP contribution in [0.5, 0.6) is 5.75 Å². The maximum Gasteiger partial charge on any atom is 0.241 e. The van der Waals surface area contributed by atoms with Crippen LogP contribution >= 0.6 is 0 Å². The Morgan fingerprint density at radius 3 is 3.00 bits per heavy atom. The lowest BCUT2D eigenvalue weighted by molar-refractivity contribution is -0.127. The smallest absolute Gasteiger partial charge is 0.241 e. The molecule has 0 aromatic heterocycles. The Morgan fingerprint density at radius 2 is 2.30 bits per heavy atom. The van der Waals surface area contributed by atoms with Crippen LogP contribution in [0.1, 0.15) is 6.92 Å². The van der Waals surface area contributed by atoms with Crippen LogP contribution in [-0.2, 0) is 9.59 Å². The topological polar surface area (TPSA) is 70.7 Å². The summed E-state index contributed by atoms with van der Waals surface area (Å²) in [5.74, 6) is 0.512. The van der Waals surface area contributed by atoms with Gasteiger partial charge >= 0.3 is 0 Å². The average Bonchev–Trinajstić information content (AvgIpc) is 2.46. The Labute approximate surface area is 118 Å². The first-order valence-corrected chi connectivity index (χ1v) is 6.56. The van der Waals surface area contributed by atoms with Gasteiger partial charge < -0.3 is 15.4 Å². The van der Waals surface area contributed by atoms with Gasteiger partial charge in [0, 0.05) is 24.8 Å². The fourth-order valence-electron chi connectivity index (χ4n) is 2.10. The van der Waals surface area contributed by atoms with Gasteiger partial charge in [-0.05, 0) is 19.1 Å². The van der Waals surface area contributed by atoms with Crippen molar-refractivity contribution in [2.45, 2.75) is 13.0 Å². The molecule has 2 rings (SSSR count). The fraction of sp³-hybridized carbons (Fsp3) is 0.429. The van der Waals surface area contributed by atoms with Crippen molar-refractivity contribution in [3.63, 3.8) is 0 Å². The highest BCUT2D eigenvalue weighted by Gasteiger charge is 2.25. The molecule has 1 aromatic rings. The number of methoxy groups -OCH3 is 1. The van der Waals surface area contributed by atoms with E-state index in [0.29, 0.717) is 24.5 Å². The van der Waals surface area contributed by atoms with Gasteiger partial charge in [0.25, 0.3) is 0 Å². The summed E-state index contributed by atoms with van der Waals surface area (Å²) in [6, 6.07) is 6.83. The highest BCUT2D eigenvalue weighted by molar-refractivity contribution is 5.95. The second-order valence-electron chi connectivity index (χ2n) is 4.72. The lowest BCUT2D eigenvalue weighted by Crippen LogP contribution is -2.53. The van der Waals surface area contributed by atoms with Gasteiger partial charge in [0.05, 0.1) is 19.7 Å². The predicted molar refractivity (Wildman–Crippen MR) is 75.7 cm³/mol. The number of rotatable bonds is 4. The molecule has 0 aliphatic carbocycles. The summed E-state index contributed by atoms with van der Waals surface area (Å²) >= 11 is 0. The Kier molecular flexibility index (Phi) is 4.57. The number of hydrogen-bond acceptors (Lipinski definition) is 4. The number of piperazine rings is 1. The summed E-state index contributed by atoms with van der Waals surface area (Å²) in [6.07, 6.45) is 0. The van der Waals surface area contributed by atoms with E-state index in [1.54, 1.807) is 26.2 Å². The zero-order valence-corrected chi connectivity index (χ0v) is 11.7. The van der Waals surface area contributed by atoms with Crippen LogP contribution in [0.2, 0.25) is 0 Å². The van der Waals surface area contributed by atoms with Crippen molar-refractivity contribution in [1.82, 2.24) is 10.2 Å². The van der Waals surface area contributed by atoms with Gasteiger partial charge in [-0.1, -0.05) is 6.07 Å². The van der Waals surface area contributed by atoms with Gasteiger partial charge in [0.15, 0.2) is 0 Å². The molecule has 1 aliphatic rings. The second-order valence-corrected chi connectivity index (χ2v) is 4.72. The van der Waals surface area contributed by atoms with E-state index >= 15 is 0 Å². The van der Waals surface area contributed by atoms with Gasteiger partial charge in [-0.2, -0.15) is 0 Å². The minimum Gasteiger partial charge on any atom is -0.497 e. The van der Waals surface area contributed by atoms with Crippen molar-refractivity contribution in [1.29, 1.82) is 0 Å². The lowest BCUT2D eigenvalue weighted by Gasteiger charge is -2.31. The molecule has 0 bridgehead atoms. The maximum absolute atomic E-state index is 12.2. The fourth-order valence-corrected chi connectivity index (χ4v) is 2.10. The van der Waals surface area contributed by atoms with Gasteiger partial charge in [-0.15, -0.1) is 0 Å². The van der Waals surface area contributed by atoms with Crippen LogP contribution in [0, 0.1) is 0 Å². The van der Waals surface area contributed by atoms with Gasteiger partial charge in [-0.3, -0.25) is 14.5 Å². The molecule has 1 aromatic carbocycles. The third-order valence-corrected chi connectivity index (χ3v) is 3.33. The van der Waals surface area contributed by atoms with E-state index in [9.17, 15) is 9.59 Å². The van der Waals surface area contributed by atoms with Crippen LogP contribution in [0.25, 0.3) is 0 Å². The number of ether oxygens (including phenoxy) is 1. The zero-order chi connectivity index (χ0) is 14.5. The average molecular weight is 277 g/mol. The molecule has 20 heavy (non-hydrogen) atoms. The van der Waals surface area contributed by atoms with Crippen LogP contribution in [0.4, 0.5) is 5.69 Å². The molecule has 6 heteroatoms. The first kappa shape index (κ1) is 14.3. The standard InChI is InChI=1S/C14H19N3O3/c1-10(17-7-6-15-13(18)9-17)14(19)16-11-4-3-5-12(8-11)20-2/h3-5,8,10H,6-7,9H2,1-2H3,(H,15,18)(H,16,19). The van der Waals surface area contributed by atoms with Crippen molar-refractivity contribution in [2.24, 2.45) is 0 Å². The van der Waals surface area contributed by atoms with Crippen molar-refractivity contribution < 1.29 is 14.3 Å². The number of nitrogens with one attached hydrogen (secondary N) is 2. The van der Waals surface area contributed by atoms with E-state index in [2.05, 4.69) is 10.6 Å². The zero-order valence-electron chi connectivity index (χ0n) is 11.7. The molecular weight excluding hydrogens is 258 g/mol. The summed E-state index contributed by atoms with van der Waals surface area (Å²) in [5, 5.41) is 5.58. The third kappa shape index (κ3) is 3.48. The van der Waals surface area contributed by atoms with E-state index < -0.39 is 0 Å². The highest BCUT2D eigenvalue weighted by atomic mass is 16.5. The number of benzene rings is 1. The Hall–Kier alpha value is -2.08. The quantitative estimate of drug-likeness (QED) is 0.838. The molecule has 2 N–H and O–H groups in total. The predicted octanol–water partition coefficient (Wildman–Crippen LogP) is 0.454. The largest absolute Gasteiger partial charge is 0.497 e. The summed E-state index contributed by atoms with van der Waals surface area (Å²) in [6.45, 7) is 3.31. The number of nitrogens with zero attached hydrogens (tertiary/aromatic N) is 1. The first-order chi connectivity index (χ1) is 9.60. The van der Waals surface area contributed by atoms with Crippen molar-refractivity contribution in [3.05, 3.63) is 24.3 Å². The molecule has 6 nitrogen and oxygen atoms in total. The Bertz CT molecular complexity index is 504. The van der Waals surface area contributed by atoms with Crippen molar-refractivity contribution in [3.8, 4) is 5.75 Å². The molecule has 1 saturated heterocycles. The van der Waals surface area contributed by atoms with Crippen LogP contribution < -0.4 is 15.4 Å². The van der Waals surface area contributed by atoms with E-state index in [-0.39, 0.29) is 24.4 Å². The molecule has 1 unspecified atom stereocenters. The van der Waals surface area contributed by atoms with E-state index in [1.807, 2.05) is 17.0 Å². The van der Waals surface area contributed by atoms with Gasteiger partial charge in [0.2, 0.25) is 11.8 Å². The maximum atomic E-state index is 12.2. The highest BCUT2D eigenvalue weighted by Crippen LogP contribution is 2.17. The molecule has 1 aliphatic heterocycles. The molecule has 0 radical (unpaired) electrons. The number of anilines is 1. The number of carbonyl (C=O) groups is 2. The Balaban J connectivity index is 1.98. The van der Waals surface area contributed by atoms with Crippen molar-refractivity contribution in [2.75, 3.05) is 32.1 Å². The van der Waals surface area contributed by atoms with E-state index in [1.165, 1.54) is 0 Å². The monoisotopic (exact) mass is 277 g/mol. The molecular formula is C14H19N3O3. The molecule has 1 fully saturated rings. The van der Waals surface area contributed by atoms with Crippen LogP contribution in [0.15, 0.2) is 24.3 Å². The molecule has 1 atom stereocenters. The van der Waals surface area contributed by atoms with Gasteiger partial charge in [0.1, 0.15) is 5.75 Å². The number of carbonyl (C=O) groups excluding carboxylic acids is 2. The first-order valence-electron chi connectivity index (χ1n) is 6.56. The lowest BCUT2D eigenvalue weighted by atomic mass is 10.2. The molecule has 0 spiro atoms. The summed E-state index contributed by atoms with van der Waals surface area (Å²) in [4.78, 5) is 25.4. The van der Waals surface area contributed by atoms with Crippen LogP contribution in [-0.4, -0.2) is 49.5 Å². The van der Waals surface area contributed by atoms with Gasteiger partial charge in [-0.25, -0.2) is 0 Å². The molecule has 1 heterocycles. The second kappa shape index (κ2) is 6.38. The minimum absolute atomic E-state index is 0.0442. The summed E-state index contributed by atoms with van der Waals surface area (Å²) < 4.78 is 5.11. The van der Waals surface area contributed by atoms with Crippen molar-refractivity contribution >= 4 is 17.5 Å². The SMILES string of the molecule is COc1cccc(NC(=O)C(C)N2CCNC(=O)C2)c1. The molecule has 0 saturated carbocycles. The number of hydrogen-bond donors (Lipinski definition) is 2. The normalized spacial score (nSPS) is 17.2. The number of amides is 2. The summed E-state index contributed by atoms with van der Waals surface area (Å²) in [5.41, 5.74) is 0.683. The minimum atomic E-state index is -0.354. The van der Waals surface area contributed by atoms with E-state index in [0.717, 1.165) is 0 Å². The summed E-state index contributed by atoms with van der Waals surface area (Å²) in [7, 11) is 1.58. The molecule has 2 amide bonds. The van der Waals surface area contributed by atoms with Crippen LogP contribution in [0.3, 0.4) is 0 Å². The Morgan fingerprint density at radius 1 is 1.50 bits per heavy atom. The third-order valence-electron chi connectivity index (χ3n) is 3.33. The molecule has 108 valence electrons. The van der Waals surface area contributed by atoms with E-state index in [4.69, 9.17) is 4.74 Å².